The number of hydrogen-bond acceptors (Lipinski definition) is 3. The molecule has 0 saturated heterocycles. The molecule has 0 aromatic heterocycles. The molecule has 0 saturated carbocycles. The van der Waals surface area contributed by atoms with E-state index in [4.69, 9.17) is 0 Å². The number of anilines is 1. The summed E-state index contributed by atoms with van der Waals surface area (Å²) in [5, 5.41) is 13.2. The number of phenols is 1. The van der Waals surface area contributed by atoms with Gasteiger partial charge in [0, 0.05) is 12.2 Å². The van der Waals surface area contributed by atoms with E-state index in [9.17, 15) is 5.11 Å². The van der Waals surface area contributed by atoms with Gasteiger partial charge >= 0.3 is 0 Å². The van der Waals surface area contributed by atoms with Gasteiger partial charge in [-0.25, -0.2) is 0 Å². The van der Waals surface area contributed by atoms with Gasteiger partial charge in [0.2, 0.25) is 0 Å². The van der Waals surface area contributed by atoms with Gasteiger partial charge in [0.15, 0.2) is 0 Å². The van der Waals surface area contributed by atoms with Gasteiger partial charge in [0.1, 0.15) is 5.75 Å². The maximum atomic E-state index is 9.57. The number of aryl methyl sites for hydroxylation is 1. The van der Waals surface area contributed by atoms with E-state index in [1.807, 2.05) is 12.1 Å². The monoisotopic (exact) mass is 282 g/mol. The smallest absolute Gasteiger partial charge is 0.115 e. The first-order valence-electron chi connectivity index (χ1n) is 7.44. The van der Waals surface area contributed by atoms with Crippen molar-refractivity contribution in [3.05, 3.63) is 59.2 Å². The molecule has 110 valence electrons. The summed E-state index contributed by atoms with van der Waals surface area (Å²) >= 11 is 0. The molecule has 0 spiro atoms. The van der Waals surface area contributed by atoms with E-state index < -0.39 is 0 Å². The Hall–Kier alpha value is -2.00. The highest BCUT2D eigenvalue weighted by Crippen LogP contribution is 2.35. The molecule has 0 fully saturated rings. The van der Waals surface area contributed by atoms with Crippen LogP contribution in [-0.2, 0) is 13.0 Å². The van der Waals surface area contributed by atoms with E-state index >= 15 is 0 Å². The minimum atomic E-state index is 0.343. The van der Waals surface area contributed by atoms with Crippen LogP contribution in [0.5, 0.6) is 5.75 Å². The predicted molar refractivity (Wildman–Crippen MR) is 86.6 cm³/mol. The number of phenolic OH excluding ortho intramolecular Hbond substituents is 1. The molecular formula is C18H22N2O. The minimum Gasteiger partial charge on any atom is -0.508 e. The second-order valence-electron chi connectivity index (χ2n) is 6.06. The lowest BCUT2D eigenvalue weighted by atomic mass is 10.1. The molecule has 3 heteroatoms. The quantitative estimate of drug-likeness (QED) is 0.900. The van der Waals surface area contributed by atoms with Crippen molar-refractivity contribution in [3.8, 4) is 5.75 Å². The molecule has 1 aliphatic carbocycles. The van der Waals surface area contributed by atoms with E-state index in [2.05, 4.69) is 48.6 Å². The van der Waals surface area contributed by atoms with Gasteiger partial charge in [-0.2, -0.15) is 0 Å². The van der Waals surface area contributed by atoms with Crippen molar-refractivity contribution in [1.82, 2.24) is 4.90 Å². The van der Waals surface area contributed by atoms with Gasteiger partial charge in [-0.1, -0.05) is 18.2 Å². The summed E-state index contributed by atoms with van der Waals surface area (Å²) in [5.41, 5.74) is 5.05. The first kappa shape index (κ1) is 14.0. The SMILES string of the molecule is CN(C)Cc1cccc(NC2CCc3cc(O)ccc32)c1. The van der Waals surface area contributed by atoms with E-state index in [1.54, 1.807) is 6.07 Å². The predicted octanol–water partition coefficient (Wildman–Crippen LogP) is 3.55. The highest BCUT2D eigenvalue weighted by molar-refractivity contribution is 5.50. The third-order valence-electron chi connectivity index (χ3n) is 3.97. The summed E-state index contributed by atoms with van der Waals surface area (Å²) in [7, 11) is 4.17. The van der Waals surface area contributed by atoms with Gasteiger partial charge in [-0.15, -0.1) is 0 Å². The van der Waals surface area contributed by atoms with E-state index in [-0.39, 0.29) is 0 Å². The second kappa shape index (κ2) is 5.78. The van der Waals surface area contributed by atoms with Crippen LogP contribution in [0.15, 0.2) is 42.5 Å². The summed E-state index contributed by atoms with van der Waals surface area (Å²) in [6.07, 6.45) is 2.11. The summed E-state index contributed by atoms with van der Waals surface area (Å²) in [4.78, 5) is 2.17. The van der Waals surface area contributed by atoms with Crippen LogP contribution in [0.3, 0.4) is 0 Å². The Bertz CT molecular complexity index is 637. The molecule has 0 bridgehead atoms. The van der Waals surface area contributed by atoms with Crippen molar-refractivity contribution >= 4 is 5.69 Å². The minimum absolute atomic E-state index is 0.343. The lowest BCUT2D eigenvalue weighted by Crippen LogP contribution is -2.11. The van der Waals surface area contributed by atoms with Gasteiger partial charge in [0.25, 0.3) is 0 Å². The van der Waals surface area contributed by atoms with Crippen molar-refractivity contribution in [2.45, 2.75) is 25.4 Å². The topological polar surface area (TPSA) is 35.5 Å². The third-order valence-corrected chi connectivity index (χ3v) is 3.97. The van der Waals surface area contributed by atoms with Crippen molar-refractivity contribution in [1.29, 1.82) is 0 Å². The van der Waals surface area contributed by atoms with Gasteiger partial charge < -0.3 is 15.3 Å². The Kier molecular flexibility index (Phi) is 3.84. The molecule has 0 amide bonds. The third kappa shape index (κ3) is 3.19. The van der Waals surface area contributed by atoms with Gasteiger partial charge in [-0.05, 0) is 67.9 Å². The lowest BCUT2D eigenvalue weighted by molar-refractivity contribution is 0.402. The van der Waals surface area contributed by atoms with Gasteiger partial charge in [-0.3, -0.25) is 0 Å². The van der Waals surface area contributed by atoms with E-state index in [0.717, 1.165) is 19.4 Å². The zero-order valence-corrected chi connectivity index (χ0v) is 12.6. The summed E-state index contributed by atoms with van der Waals surface area (Å²) in [6, 6.07) is 14.7. The zero-order valence-electron chi connectivity index (χ0n) is 12.6. The van der Waals surface area contributed by atoms with Crippen LogP contribution in [0.1, 0.15) is 29.2 Å². The number of nitrogens with zero attached hydrogens (tertiary/aromatic N) is 1. The highest BCUT2D eigenvalue weighted by atomic mass is 16.3. The Morgan fingerprint density at radius 2 is 2.05 bits per heavy atom. The Balaban J connectivity index is 1.77. The molecule has 0 heterocycles. The average molecular weight is 282 g/mol. The zero-order chi connectivity index (χ0) is 14.8. The Labute approximate surface area is 126 Å². The van der Waals surface area contributed by atoms with Crippen LogP contribution in [0.25, 0.3) is 0 Å². The molecule has 3 rings (SSSR count). The lowest BCUT2D eigenvalue weighted by Gasteiger charge is -2.17. The molecule has 0 aliphatic heterocycles. The molecule has 1 unspecified atom stereocenters. The molecule has 1 atom stereocenters. The van der Waals surface area contributed by atoms with Crippen molar-refractivity contribution in [2.24, 2.45) is 0 Å². The van der Waals surface area contributed by atoms with Gasteiger partial charge in [0.05, 0.1) is 6.04 Å². The van der Waals surface area contributed by atoms with Crippen LogP contribution >= 0.6 is 0 Å². The number of hydrogen-bond donors (Lipinski definition) is 2. The number of fused-ring (bicyclic) bond motifs is 1. The Morgan fingerprint density at radius 1 is 1.19 bits per heavy atom. The standard InChI is InChI=1S/C18H22N2O/c1-20(2)12-13-4-3-5-15(10-13)19-18-9-6-14-11-16(21)7-8-17(14)18/h3-5,7-8,10-11,18-19,21H,6,9,12H2,1-2H3. The number of nitrogens with one attached hydrogen (secondary N) is 1. The number of benzene rings is 2. The first-order valence-corrected chi connectivity index (χ1v) is 7.44. The molecule has 1 aliphatic rings. The van der Waals surface area contributed by atoms with Crippen molar-refractivity contribution < 1.29 is 5.11 Å². The fraction of sp³-hybridized carbons (Fsp3) is 0.333. The molecule has 0 radical (unpaired) electrons. The van der Waals surface area contributed by atoms with Crippen LogP contribution in [0.4, 0.5) is 5.69 Å². The average Bonchev–Trinajstić information content (AvgIpc) is 2.80. The molecule has 21 heavy (non-hydrogen) atoms. The summed E-state index contributed by atoms with van der Waals surface area (Å²) in [6.45, 7) is 0.949. The molecular weight excluding hydrogens is 260 g/mol. The van der Waals surface area contributed by atoms with Crippen LogP contribution in [0, 0.1) is 0 Å². The van der Waals surface area contributed by atoms with Crippen molar-refractivity contribution in [3.63, 3.8) is 0 Å². The molecule has 3 nitrogen and oxygen atoms in total. The van der Waals surface area contributed by atoms with Crippen molar-refractivity contribution in [2.75, 3.05) is 19.4 Å². The van der Waals surface area contributed by atoms with E-state index in [1.165, 1.54) is 22.4 Å². The van der Waals surface area contributed by atoms with Crippen LogP contribution in [0.2, 0.25) is 0 Å². The van der Waals surface area contributed by atoms with Crippen LogP contribution in [-0.4, -0.2) is 24.1 Å². The highest BCUT2D eigenvalue weighted by Gasteiger charge is 2.22. The summed E-state index contributed by atoms with van der Waals surface area (Å²) < 4.78 is 0. The summed E-state index contributed by atoms with van der Waals surface area (Å²) in [5.74, 6) is 0.363. The Morgan fingerprint density at radius 3 is 2.86 bits per heavy atom. The molecule has 2 aromatic carbocycles. The van der Waals surface area contributed by atoms with Crippen LogP contribution < -0.4 is 5.32 Å². The normalized spacial score (nSPS) is 17.0. The molecule has 2 aromatic rings. The largest absolute Gasteiger partial charge is 0.508 e. The molecule has 2 N–H and O–H groups in total. The number of aromatic hydroxyl groups is 1. The fourth-order valence-electron chi connectivity index (χ4n) is 3.08. The first-order chi connectivity index (χ1) is 10.1. The second-order valence-corrected chi connectivity index (χ2v) is 6.06. The maximum Gasteiger partial charge on any atom is 0.115 e. The van der Waals surface area contributed by atoms with E-state index in [0.29, 0.717) is 11.8 Å². The number of rotatable bonds is 4. The maximum absolute atomic E-state index is 9.57. The fourth-order valence-corrected chi connectivity index (χ4v) is 3.08.